The van der Waals surface area contributed by atoms with Gasteiger partial charge in [0.25, 0.3) is 0 Å². The maximum atomic E-state index is 12.4. The van der Waals surface area contributed by atoms with Crippen LogP contribution in [0.2, 0.25) is 0 Å². The van der Waals surface area contributed by atoms with Crippen LogP contribution >= 0.6 is 0 Å². The summed E-state index contributed by atoms with van der Waals surface area (Å²) in [5, 5.41) is 3.23. The topological polar surface area (TPSA) is 58.2 Å². The molecule has 1 aromatic carbocycles. The van der Waals surface area contributed by atoms with Crippen molar-refractivity contribution < 1.29 is 8.42 Å². The Morgan fingerprint density at radius 2 is 1.85 bits per heavy atom. The molecule has 2 N–H and O–H groups in total. The van der Waals surface area contributed by atoms with Gasteiger partial charge < -0.3 is 5.32 Å². The van der Waals surface area contributed by atoms with Crippen LogP contribution in [-0.2, 0) is 15.4 Å². The quantitative estimate of drug-likeness (QED) is 0.897. The minimum Gasteiger partial charge on any atom is -0.317 e. The van der Waals surface area contributed by atoms with Gasteiger partial charge >= 0.3 is 0 Å². The predicted octanol–water partition coefficient (Wildman–Crippen LogP) is 2.01. The van der Waals surface area contributed by atoms with Crippen molar-refractivity contribution in [1.82, 2.24) is 10.0 Å². The Hall–Kier alpha value is -0.910. The third-order valence-corrected chi connectivity index (χ3v) is 5.19. The molecule has 2 rings (SSSR count). The van der Waals surface area contributed by atoms with E-state index < -0.39 is 10.0 Å². The zero-order valence-electron chi connectivity index (χ0n) is 12.4. The second-order valence-corrected chi connectivity index (χ2v) is 8.14. The molecule has 0 bridgehead atoms. The second-order valence-electron chi connectivity index (χ2n) is 6.42. The Morgan fingerprint density at radius 1 is 1.20 bits per heavy atom. The number of rotatable bonds is 3. The molecule has 0 amide bonds. The van der Waals surface area contributed by atoms with Gasteiger partial charge in [0.1, 0.15) is 0 Å². The number of piperidine rings is 1. The Bertz CT molecular complexity index is 555. The van der Waals surface area contributed by atoms with Gasteiger partial charge in [0.2, 0.25) is 10.0 Å². The van der Waals surface area contributed by atoms with Crippen molar-refractivity contribution in [3.63, 3.8) is 0 Å². The molecule has 0 spiro atoms. The van der Waals surface area contributed by atoms with Crippen LogP contribution in [0.3, 0.4) is 0 Å². The number of hydrogen-bond acceptors (Lipinski definition) is 3. The highest BCUT2D eigenvalue weighted by Crippen LogP contribution is 2.24. The first kappa shape index (κ1) is 15.5. The molecule has 4 nitrogen and oxygen atoms in total. The van der Waals surface area contributed by atoms with Gasteiger partial charge in [-0.3, -0.25) is 0 Å². The van der Waals surface area contributed by atoms with Gasteiger partial charge in [-0.1, -0.05) is 32.9 Å². The van der Waals surface area contributed by atoms with Gasteiger partial charge in [0, 0.05) is 6.04 Å². The van der Waals surface area contributed by atoms with Crippen LogP contribution < -0.4 is 10.0 Å². The molecule has 1 heterocycles. The molecule has 0 atom stereocenters. The van der Waals surface area contributed by atoms with Gasteiger partial charge in [-0.2, -0.15) is 0 Å². The molecule has 0 radical (unpaired) electrons. The van der Waals surface area contributed by atoms with Gasteiger partial charge in [-0.25, -0.2) is 13.1 Å². The van der Waals surface area contributed by atoms with E-state index in [1.54, 1.807) is 12.1 Å². The lowest BCUT2D eigenvalue weighted by molar-refractivity contribution is 0.427. The van der Waals surface area contributed by atoms with Gasteiger partial charge in [-0.15, -0.1) is 0 Å². The number of sulfonamides is 1. The number of hydrogen-bond donors (Lipinski definition) is 2. The molecule has 0 aliphatic carbocycles. The van der Waals surface area contributed by atoms with Gasteiger partial charge in [-0.05, 0) is 49.0 Å². The largest absolute Gasteiger partial charge is 0.317 e. The zero-order valence-corrected chi connectivity index (χ0v) is 13.3. The van der Waals surface area contributed by atoms with E-state index in [1.807, 2.05) is 12.1 Å². The van der Waals surface area contributed by atoms with Crippen LogP contribution in [0.25, 0.3) is 0 Å². The van der Waals surface area contributed by atoms with E-state index in [4.69, 9.17) is 0 Å². The summed E-state index contributed by atoms with van der Waals surface area (Å²) in [6, 6.07) is 7.28. The summed E-state index contributed by atoms with van der Waals surface area (Å²) in [5.41, 5.74) is 0.978. The standard InChI is InChI=1S/C15H24N2O2S/c1-15(2,3)12-5-4-6-14(11-12)20(18,19)17-13-7-9-16-10-8-13/h4-6,11,13,16-17H,7-10H2,1-3H3. The molecular weight excluding hydrogens is 272 g/mol. The maximum Gasteiger partial charge on any atom is 0.240 e. The van der Waals surface area contributed by atoms with Crippen molar-refractivity contribution in [3.8, 4) is 0 Å². The molecule has 1 saturated heterocycles. The first-order chi connectivity index (χ1) is 9.29. The lowest BCUT2D eigenvalue weighted by Crippen LogP contribution is -2.42. The fraction of sp³-hybridized carbons (Fsp3) is 0.600. The Kier molecular flexibility index (Phi) is 4.52. The molecule has 0 unspecified atom stereocenters. The summed E-state index contributed by atoms with van der Waals surface area (Å²) in [5.74, 6) is 0. The molecule has 112 valence electrons. The van der Waals surface area contributed by atoms with Crippen molar-refractivity contribution in [3.05, 3.63) is 29.8 Å². The zero-order chi connectivity index (χ0) is 14.8. The van der Waals surface area contributed by atoms with Crippen molar-refractivity contribution >= 4 is 10.0 Å². The van der Waals surface area contributed by atoms with Crippen LogP contribution in [0.15, 0.2) is 29.2 Å². The van der Waals surface area contributed by atoms with Crippen molar-refractivity contribution in [2.75, 3.05) is 13.1 Å². The molecule has 0 aromatic heterocycles. The SMILES string of the molecule is CC(C)(C)c1cccc(S(=O)(=O)NC2CCNCC2)c1. The highest BCUT2D eigenvalue weighted by atomic mass is 32.2. The van der Waals surface area contributed by atoms with Gasteiger partial charge in [0.05, 0.1) is 4.90 Å². The Morgan fingerprint density at radius 3 is 2.45 bits per heavy atom. The number of nitrogens with one attached hydrogen (secondary N) is 2. The van der Waals surface area contributed by atoms with E-state index in [2.05, 4.69) is 30.8 Å². The number of benzene rings is 1. The first-order valence-corrected chi connectivity index (χ1v) is 8.61. The minimum atomic E-state index is -3.42. The fourth-order valence-electron chi connectivity index (χ4n) is 2.36. The van der Waals surface area contributed by atoms with Crippen LogP contribution in [0, 0.1) is 0 Å². The van der Waals surface area contributed by atoms with E-state index in [0.717, 1.165) is 31.5 Å². The molecule has 0 saturated carbocycles. The highest BCUT2D eigenvalue weighted by Gasteiger charge is 2.23. The van der Waals surface area contributed by atoms with E-state index in [0.29, 0.717) is 4.90 Å². The predicted molar refractivity (Wildman–Crippen MR) is 81.4 cm³/mol. The minimum absolute atomic E-state index is 0.0412. The summed E-state index contributed by atoms with van der Waals surface area (Å²) < 4.78 is 27.7. The van der Waals surface area contributed by atoms with Crippen LogP contribution in [-0.4, -0.2) is 27.5 Å². The molecule has 5 heteroatoms. The van der Waals surface area contributed by atoms with E-state index in [9.17, 15) is 8.42 Å². The van der Waals surface area contributed by atoms with E-state index in [1.165, 1.54) is 0 Å². The van der Waals surface area contributed by atoms with Crippen LogP contribution in [0.5, 0.6) is 0 Å². The average molecular weight is 296 g/mol. The summed E-state index contributed by atoms with van der Waals surface area (Å²) in [6.07, 6.45) is 1.69. The third-order valence-electron chi connectivity index (χ3n) is 3.67. The molecule has 1 aromatic rings. The Labute approximate surface area is 122 Å². The van der Waals surface area contributed by atoms with Crippen LogP contribution in [0.4, 0.5) is 0 Å². The smallest absolute Gasteiger partial charge is 0.240 e. The highest BCUT2D eigenvalue weighted by molar-refractivity contribution is 7.89. The Balaban J connectivity index is 2.20. The van der Waals surface area contributed by atoms with Gasteiger partial charge in [0.15, 0.2) is 0 Å². The van der Waals surface area contributed by atoms with Crippen molar-refractivity contribution in [1.29, 1.82) is 0 Å². The molecule has 1 fully saturated rings. The second kappa shape index (κ2) is 5.84. The molecule has 1 aliphatic heterocycles. The molecule has 1 aliphatic rings. The van der Waals surface area contributed by atoms with E-state index >= 15 is 0 Å². The summed E-state index contributed by atoms with van der Waals surface area (Å²) in [7, 11) is -3.42. The van der Waals surface area contributed by atoms with Crippen molar-refractivity contribution in [2.24, 2.45) is 0 Å². The molecular formula is C15H24N2O2S. The van der Waals surface area contributed by atoms with E-state index in [-0.39, 0.29) is 11.5 Å². The lowest BCUT2D eigenvalue weighted by atomic mass is 9.87. The van der Waals surface area contributed by atoms with Crippen LogP contribution in [0.1, 0.15) is 39.2 Å². The molecule has 20 heavy (non-hydrogen) atoms. The summed E-state index contributed by atoms with van der Waals surface area (Å²) >= 11 is 0. The van der Waals surface area contributed by atoms with Crippen molar-refractivity contribution in [2.45, 2.75) is 50.0 Å². The lowest BCUT2D eigenvalue weighted by Gasteiger charge is -2.24. The third kappa shape index (κ3) is 3.81. The summed E-state index contributed by atoms with van der Waals surface area (Å²) in [6.45, 7) is 7.99. The fourth-order valence-corrected chi connectivity index (χ4v) is 3.71. The summed E-state index contributed by atoms with van der Waals surface area (Å²) in [4.78, 5) is 0.364. The maximum absolute atomic E-state index is 12.4. The normalized spacial score (nSPS) is 18.1. The average Bonchev–Trinajstić information content (AvgIpc) is 2.38. The monoisotopic (exact) mass is 296 g/mol. The first-order valence-electron chi connectivity index (χ1n) is 7.13.